The highest BCUT2D eigenvalue weighted by atomic mass is 32.2. The number of nitrogens with zero attached hydrogens (tertiary/aromatic N) is 2. The van der Waals surface area contributed by atoms with Crippen molar-refractivity contribution >= 4 is 28.7 Å². The van der Waals surface area contributed by atoms with Crippen LogP contribution >= 0.6 is 11.8 Å². The van der Waals surface area contributed by atoms with Gasteiger partial charge in [0.05, 0.1) is 29.6 Å². The average molecular weight is 327 g/mol. The number of nitrogens with one attached hydrogen (secondary N) is 1. The van der Waals surface area contributed by atoms with Crippen molar-refractivity contribution in [3.63, 3.8) is 0 Å². The number of thioether (sulfide) groups is 1. The van der Waals surface area contributed by atoms with Crippen LogP contribution in [0.1, 0.15) is 5.76 Å². The van der Waals surface area contributed by atoms with Gasteiger partial charge in [0.15, 0.2) is 5.16 Å². The van der Waals surface area contributed by atoms with E-state index in [1.807, 2.05) is 36.4 Å². The monoisotopic (exact) mass is 327 g/mol. The van der Waals surface area contributed by atoms with Gasteiger partial charge in [-0.2, -0.15) is 0 Å². The third-order valence-corrected chi connectivity index (χ3v) is 4.28. The number of imidazole rings is 1. The highest BCUT2D eigenvalue weighted by Crippen LogP contribution is 2.24. The molecular formula is C17H17N3O2S. The molecule has 118 valence electrons. The fourth-order valence-corrected chi connectivity index (χ4v) is 3.10. The molecule has 0 saturated carbocycles. The summed E-state index contributed by atoms with van der Waals surface area (Å²) < 4.78 is 7.25. The Hall–Kier alpha value is -2.47. The van der Waals surface area contributed by atoms with Crippen LogP contribution in [0.2, 0.25) is 0 Å². The average Bonchev–Trinajstić information content (AvgIpc) is 3.20. The van der Waals surface area contributed by atoms with Crippen molar-refractivity contribution in [1.82, 2.24) is 14.9 Å². The maximum atomic E-state index is 12.0. The number of furan rings is 1. The number of carbonyl (C=O) groups is 1. The van der Waals surface area contributed by atoms with Gasteiger partial charge in [0.2, 0.25) is 5.91 Å². The summed E-state index contributed by atoms with van der Waals surface area (Å²) in [5.74, 6) is 0.993. The number of benzene rings is 1. The first-order valence-electron chi connectivity index (χ1n) is 7.26. The molecule has 5 nitrogen and oxygen atoms in total. The van der Waals surface area contributed by atoms with E-state index in [0.717, 1.165) is 22.0 Å². The largest absolute Gasteiger partial charge is 0.467 e. The Morgan fingerprint density at radius 3 is 3.00 bits per heavy atom. The summed E-state index contributed by atoms with van der Waals surface area (Å²) in [6, 6.07) is 11.6. The number of carbonyl (C=O) groups excluding carboxylic acids is 1. The Kier molecular flexibility index (Phi) is 4.83. The van der Waals surface area contributed by atoms with Crippen molar-refractivity contribution in [3.05, 3.63) is 61.1 Å². The molecule has 1 N–H and O–H groups in total. The molecule has 1 aromatic carbocycles. The van der Waals surface area contributed by atoms with E-state index in [9.17, 15) is 4.79 Å². The molecule has 2 aromatic heterocycles. The molecule has 0 fully saturated rings. The molecular weight excluding hydrogens is 310 g/mol. The molecule has 3 aromatic rings. The third-order valence-electron chi connectivity index (χ3n) is 3.30. The molecule has 23 heavy (non-hydrogen) atoms. The minimum Gasteiger partial charge on any atom is -0.467 e. The second kappa shape index (κ2) is 7.19. The van der Waals surface area contributed by atoms with Gasteiger partial charge in [-0.05, 0) is 24.3 Å². The van der Waals surface area contributed by atoms with E-state index in [0.29, 0.717) is 18.8 Å². The quantitative estimate of drug-likeness (QED) is 0.535. The summed E-state index contributed by atoms with van der Waals surface area (Å²) in [6.07, 6.45) is 3.42. The zero-order valence-corrected chi connectivity index (χ0v) is 13.4. The fraction of sp³-hybridized carbons (Fsp3) is 0.176. The van der Waals surface area contributed by atoms with E-state index in [-0.39, 0.29) is 5.91 Å². The van der Waals surface area contributed by atoms with Gasteiger partial charge in [-0.25, -0.2) is 4.98 Å². The number of rotatable bonds is 7. The Morgan fingerprint density at radius 1 is 1.35 bits per heavy atom. The van der Waals surface area contributed by atoms with Crippen LogP contribution in [-0.4, -0.2) is 21.2 Å². The molecule has 0 aliphatic carbocycles. The maximum absolute atomic E-state index is 12.0. The highest BCUT2D eigenvalue weighted by molar-refractivity contribution is 7.99. The van der Waals surface area contributed by atoms with Crippen LogP contribution < -0.4 is 5.32 Å². The number of amides is 1. The molecule has 6 heteroatoms. The number of aromatic nitrogens is 2. The van der Waals surface area contributed by atoms with Crippen molar-refractivity contribution in [2.45, 2.75) is 18.2 Å². The van der Waals surface area contributed by atoms with Crippen molar-refractivity contribution < 1.29 is 9.21 Å². The van der Waals surface area contributed by atoms with Gasteiger partial charge in [0, 0.05) is 6.54 Å². The van der Waals surface area contributed by atoms with E-state index in [1.165, 1.54) is 11.8 Å². The first-order valence-corrected chi connectivity index (χ1v) is 8.24. The number of para-hydroxylation sites is 2. The molecule has 0 aliphatic rings. The molecule has 0 saturated heterocycles. The molecule has 0 unspecified atom stereocenters. The predicted octanol–water partition coefficient (Wildman–Crippen LogP) is 3.22. The van der Waals surface area contributed by atoms with Gasteiger partial charge in [0.25, 0.3) is 0 Å². The Bertz CT molecular complexity index is 808. The summed E-state index contributed by atoms with van der Waals surface area (Å²) >= 11 is 1.42. The molecule has 0 bridgehead atoms. The Morgan fingerprint density at radius 2 is 2.22 bits per heavy atom. The van der Waals surface area contributed by atoms with Crippen molar-refractivity contribution in [2.75, 3.05) is 5.75 Å². The highest BCUT2D eigenvalue weighted by Gasteiger charge is 2.12. The SMILES string of the molecule is C=CCn1c(SCC(=O)NCc2ccco2)nc2ccccc21. The third kappa shape index (κ3) is 3.65. The fourth-order valence-electron chi connectivity index (χ4n) is 2.25. The van der Waals surface area contributed by atoms with Gasteiger partial charge in [0.1, 0.15) is 5.76 Å². The lowest BCUT2D eigenvalue weighted by molar-refractivity contribution is -0.118. The minimum atomic E-state index is -0.0522. The van der Waals surface area contributed by atoms with Crippen LogP contribution in [-0.2, 0) is 17.9 Å². The second-order valence-corrected chi connectivity index (χ2v) is 5.87. The second-order valence-electron chi connectivity index (χ2n) is 4.93. The minimum absolute atomic E-state index is 0.0522. The van der Waals surface area contributed by atoms with Crippen LogP contribution in [0.3, 0.4) is 0 Å². The normalized spacial score (nSPS) is 10.8. The molecule has 3 rings (SSSR count). The zero-order chi connectivity index (χ0) is 16.1. The van der Waals surface area contributed by atoms with Crippen LogP contribution in [0.4, 0.5) is 0 Å². The molecule has 0 atom stereocenters. The standard InChI is InChI=1S/C17H17N3O2S/c1-2-9-20-15-8-4-3-7-14(15)19-17(20)23-12-16(21)18-11-13-6-5-10-22-13/h2-8,10H,1,9,11-12H2,(H,18,21). The van der Waals surface area contributed by atoms with E-state index < -0.39 is 0 Å². The summed E-state index contributed by atoms with van der Waals surface area (Å²) in [7, 11) is 0. The number of hydrogen-bond acceptors (Lipinski definition) is 4. The van der Waals surface area contributed by atoms with Gasteiger partial charge in [-0.3, -0.25) is 4.79 Å². The van der Waals surface area contributed by atoms with E-state index in [4.69, 9.17) is 4.42 Å². The van der Waals surface area contributed by atoms with Crippen molar-refractivity contribution in [1.29, 1.82) is 0 Å². The molecule has 1 amide bonds. The Labute approximate surface area is 138 Å². The van der Waals surface area contributed by atoms with Crippen LogP contribution in [0, 0.1) is 0 Å². The summed E-state index contributed by atoms with van der Waals surface area (Å²) in [4.78, 5) is 16.6. The smallest absolute Gasteiger partial charge is 0.230 e. The first-order chi connectivity index (χ1) is 11.3. The molecule has 0 radical (unpaired) electrons. The van der Waals surface area contributed by atoms with Gasteiger partial charge >= 0.3 is 0 Å². The summed E-state index contributed by atoms with van der Waals surface area (Å²) in [6.45, 7) is 4.85. The van der Waals surface area contributed by atoms with Crippen LogP contribution in [0.15, 0.2) is 64.9 Å². The lowest BCUT2D eigenvalue weighted by atomic mass is 10.3. The zero-order valence-electron chi connectivity index (χ0n) is 12.6. The van der Waals surface area contributed by atoms with Gasteiger partial charge in [-0.15, -0.1) is 6.58 Å². The van der Waals surface area contributed by atoms with Crippen LogP contribution in [0.25, 0.3) is 11.0 Å². The van der Waals surface area contributed by atoms with E-state index in [2.05, 4.69) is 21.4 Å². The lowest BCUT2D eigenvalue weighted by Gasteiger charge is -2.06. The number of fused-ring (bicyclic) bond motifs is 1. The van der Waals surface area contributed by atoms with Crippen molar-refractivity contribution in [3.8, 4) is 0 Å². The van der Waals surface area contributed by atoms with Gasteiger partial charge in [-0.1, -0.05) is 30.0 Å². The Balaban J connectivity index is 1.65. The first kappa shape index (κ1) is 15.4. The molecule has 2 heterocycles. The maximum Gasteiger partial charge on any atom is 0.230 e. The van der Waals surface area contributed by atoms with E-state index >= 15 is 0 Å². The number of hydrogen-bond donors (Lipinski definition) is 1. The van der Waals surface area contributed by atoms with Crippen molar-refractivity contribution in [2.24, 2.45) is 0 Å². The van der Waals surface area contributed by atoms with E-state index in [1.54, 1.807) is 12.3 Å². The number of allylic oxidation sites excluding steroid dienone is 1. The topological polar surface area (TPSA) is 60.1 Å². The van der Waals surface area contributed by atoms with Crippen LogP contribution in [0.5, 0.6) is 0 Å². The molecule has 0 spiro atoms. The lowest BCUT2D eigenvalue weighted by Crippen LogP contribution is -2.24. The molecule has 0 aliphatic heterocycles. The summed E-state index contributed by atoms with van der Waals surface area (Å²) in [5, 5.41) is 3.65. The predicted molar refractivity (Wildman–Crippen MR) is 91.2 cm³/mol. The van der Waals surface area contributed by atoms with Gasteiger partial charge < -0.3 is 14.3 Å². The summed E-state index contributed by atoms with van der Waals surface area (Å²) in [5.41, 5.74) is 1.97.